The van der Waals surface area contributed by atoms with Gasteiger partial charge in [0.15, 0.2) is 5.82 Å². The molecule has 0 amide bonds. The molecule has 0 spiro atoms. The second-order valence-corrected chi connectivity index (χ2v) is 12.6. The largest absolute Gasteiger partial charge is 0.309 e. The molecule has 7 aromatic carbocycles. The van der Waals surface area contributed by atoms with Crippen molar-refractivity contribution in [2.75, 3.05) is 0 Å². The maximum Gasteiger partial charge on any atom is 0.162 e. The van der Waals surface area contributed by atoms with E-state index < -0.39 is 0 Å². The molecule has 234 valence electrons. The number of fused-ring (bicyclic) bond motifs is 6. The van der Waals surface area contributed by atoms with Crippen LogP contribution in [0.3, 0.4) is 0 Å². The fraction of sp³-hybridized carbons (Fsp3) is 0. The summed E-state index contributed by atoms with van der Waals surface area (Å²) in [6, 6.07) is 64.2. The molecule has 3 heterocycles. The molecule has 10 rings (SSSR count). The zero-order valence-corrected chi connectivity index (χ0v) is 27.1. The van der Waals surface area contributed by atoms with Gasteiger partial charge < -0.3 is 4.57 Å². The summed E-state index contributed by atoms with van der Waals surface area (Å²) in [6.07, 6.45) is 0. The Morgan fingerprint density at radius 3 is 1.64 bits per heavy atom. The van der Waals surface area contributed by atoms with E-state index >= 15 is 0 Å². The first kappa shape index (κ1) is 28.3. The Morgan fingerprint density at radius 2 is 0.900 bits per heavy atom. The Morgan fingerprint density at radius 1 is 0.340 bits per heavy atom. The van der Waals surface area contributed by atoms with E-state index in [4.69, 9.17) is 9.97 Å². The van der Waals surface area contributed by atoms with Gasteiger partial charge in [-0.2, -0.15) is 0 Å². The Hall–Kier alpha value is -6.78. The number of hydrogen-bond acceptors (Lipinski definition) is 2. The molecule has 0 radical (unpaired) electrons. The minimum absolute atomic E-state index is 0.692. The lowest BCUT2D eigenvalue weighted by Crippen LogP contribution is -1.99. The highest BCUT2D eigenvalue weighted by Crippen LogP contribution is 2.41. The Bertz CT molecular complexity index is 2850. The molecule has 0 saturated carbocycles. The molecular weight excluding hydrogens is 609 g/mol. The van der Waals surface area contributed by atoms with Crippen LogP contribution in [0, 0.1) is 0 Å². The first-order valence-electron chi connectivity index (χ1n) is 16.9. The summed E-state index contributed by atoms with van der Waals surface area (Å²) < 4.78 is 4.63. The monoisotopic (exact) mass is 638 g/mol. The molecule has 0 aliphatic carbocycles. The second-order valence-electron chi connectivity index (χ2n) is 12.6. The average Bonchev–Trinajstić information content (AvgIpc) is 3.71. The topological polar surface area (TPSA) is 35.6 Å². The predicted octanol–water partition coefficient (Wildman–Crippen LogP) is 11.7. The minimum Gasteiger partial charge on any atom is -0.309 e. The van der Waals surface area contributed by atoms with Crippen LogP contribution in [0.5, 0.6) is 0 Å². The van der Waals surface area contributed by atoms with Gasteiger partial charge in [0.25, 0.3) is 0 Å². The zero-order chi connectivity index (χ0) is 33.0. The summed E-state index contributed by atoms with van der Waals surface area (Å²) >= 11 is 0. The van der Waals surface area contributed by atoms with E-state index in [-0.39, 0.29) is 0 Å². The quantitative estimate of drug-likeness (QED) is 0.188. The average molecular weight is 639 g/mol. The Labute approximate surface area is 289 Å². The molecule has 0 N–H and O–H groups in total. The van der Waals surface area contributed by atoms with Crippen molar-refractivity contribution < 1.29 is 0 Å². The normalized spacial score (nSPS) is 11.6. The molecule has 0 saturated heterocycles. The highest BCUT2D eigenvalue weighted by atomic mass is 15.1. The summed E-state index contributed by atoms with van der Waals surface area (Å²) in [6.45, 7) is 0. The van der Waals surface area contributed by atoms with Crippen LogP contribution in [0.25, 0.3) is 88.9 Å². The third-order valence-electron chi connectivity index (χ3n) is 9.72. The van der Waals surface area contributed by atoms with Crippen LogP contribution in [-0.2, 0) is 0 Å². The minimum atomic E-state index is 0.692. The first-order chi connectivity index (χ1) is 24.8. The lowest BCUT2D eigenvalue weighted by molar-refractivity contribution is 1.11. The van der Waals surface area contributed by atoms with Gasteiger partial charge in [0.1, 0.15) is 5.65 Å². The predicted molar refractivity (Wildman–Crippen MR) is 207 cm³/mol. The highest BCUT2D eigenvalue weighted by Gasteiger charge is 2.22. The summed E-state index contributed by atoms with van der Waals surface area (Å²) in [7, 11) is 0. The lowest BCUT2D eigenvalue weighted by atomic mass is 10.0. The SMILES string of the molecule is c1ccc(-c2cccc(-c3nc(-c4ccc5c(c4)c4ccccc4n5-c4ccccc4)c4c5ccccc5n(-c5ccccc5)c4n3)c2)cc1. The van der Waals surface area contributed by atoms with Crippen molar-refractivity contribution in [1.29, 1.82) is 0 Å². The van der Waals surface area contributed by atoms with Gasteiger partial charge in [-0.15, -0.1) is 0 Å². The van der Waals surface area contributed by atoms with Crippen molar-refractivity contribution in [2.45, 2.75) is 0 Å². The molecule has 0 fully saturated rings. The number of benzene rings is 7. The van der Waals surface area contributed by atoms with Gasteiger partial charge in [0.2, 0.25) is 0 Å². The summed E-state index contributed by atoms with van der Waals surface area (Å²) in [5, 5.41) is 4.56. The van der Waals surface area contributed by atoms with Crippen molar-refractivity contribution in [3.8, 4) is 45.1 Å². The molecule has 50 heavy (non-hydrogen) atoms. The second kappa shape index (κ2) is 11.4. The van der Waals surface area contributed by atoms with E-state index in [1.165, 1.54) is 16.3 Å². The van der Waals surface area contributed by atoms with Crippen LogP contribution in [0.15, 0.2) is 182 Å². The van der Waals surface area contributed by atoms with Gasteiger partial charge >= 0.3 is 0 Å². The third-order valence-corrected chi connectivity index (χ3v) is 9.72. The maximum atomic E-state index is 5.45. The fourth-order valence-corrected chi connectivity index (χ4v) is 7.47. The molecule has 0 aliphatic heterocycles. The van der Waals surface area contributed by atoms with Crippen molar-refractivity contribution in [3.63, 3.8) is 0 Å². The van der Waals surface area contributed by atoms with Gasteiger partial charge in [0, 0.05) is 38.7 Å². The Balaban J connectivity index is 1.29. The number of nitrogens with zero attached hydrogens (tertiary/aromatic N) is 4. The van der Waals surface area contributed by atoms with Gasteiger partial charge in [-0.1, -0.05) is 127 Å². The van der Waals surface area contributed by atoms with E-state index in [2.05, 4.69) is 185 Å². The van der Waals surface area contributed by atoms with Crippen molar-refractivity contribution in [3.05, 3.63) is 182 Å². The zero-order valence-electron chi connectivity index (χ0n) is 27.1. The van der Waals surface area contributed by atoms with E-state index in [0.29, 0.717) is 5.82 Å². The summed E-state index contributed by atoms with van der Waals surface area (Å²) in [5.41, 5.74) is 11.8. The molecule has 3 aromatic heterocycles. The summed E-state index contributed by atoms with van der Waals surface area (Å²) in [4.78, 5) is 10.8. The molecule has 10 aromatic rings. The van der Waals surface area contributed by atoms with Crippen LogP contribution in [-0.4, -0.2) is 19.1 Å². The van der Waals surface area contributed by atoms with E-state index in [9.17, 15) is 0 Å². The molecule has 0 bridgehead atoms. The summed E-state index contributed by atoms with van der Waals surface area (Å²) in [5.74, 6) is 0.692. The van der Waals surface area contributed by atoms with Gasteiger partial charge in [-0.05, 0) is 65.7 Å². The van der Waals surface area contributed by atoms with E-state index in [0.717, 1.165) is 66.8 Å². The van der Waals surface area contributed by atoms with Crippen molar-refractivity contribution >= 4 is 43.7 Å². The maximum absolute atomic E-state index is 5.45. The van der Waals surface area contributed by atoms with Crippen LogP contribution >= 0.6 is 0 Å². The molecule has 0 aliphatic rings. The van der Waals surface area contributed by atoms with Crippen LogP contribution in [0.2, 0.25) is 0 Å². The van der Waals surface area contributed by atoms with Gasteiger partial charge in [0.05, 0.1) is 27.6 Å². The van der Waals surface area contributed by atoms with E-state index in [1.54, 1.807) is 0 Å². The van der Waals surface area contributed by atoms with Gasteiger partial charge in [-0.25, -0.2) is 9.97 Å². The molecule has 4 nitrogen and oxygen atoms in total. The molecule has 0 atom stereocenters. The van der Waals surface area contributed by atoms with Crippen LogP contribution in [0.1, 0.15) is 0 Å². The van der Waals surface area contributed by atoms with Crippen molar-refractivity contribution in [2.24, 2.45) is 0 Å². The molecular formula is C46H30N4. The number of rotatable bonds is 5. The lowest BCUT2D eigenvalue weighted by Gasteiger charge is -2.12. The van der Waals surface area contributed by atoms with Gasteiger partial charge in [-0.3, -0.25) is 4.57 Å². The van der Waals surface area contributed by atoms with E-state index in [1.807, 2.05) is 6.07 Å². The number of hydrogen-bond donors (Lipinski definition) is 0. The third kappa shape index (κ3) is 4.46. The standard InChI is InChI=1S/C46H30N4/c1-4-15-31(16-5-1)32-17-14-18-34(29-32)45-47-44(43-38-24-11-13-26-41(38)50(46(43)48-45)36-21-8-3-9-22-36)33-27-28-42-39(30-33)37-23-10-12-25-40(37)49(42)35-19-6-2-7-20-35/h1-30H. The highest BCUT2D eigenvalue weighted by molar-refractivity contribution is 6.16. The Kier molecular flexibility index (Phi) is 6.46. The van der Waals surface area contributed by atoms with Crippen LogP contribution in [0.4, 0.5) is 0 Å². The smallest absolute Gasteiger partial charge is 0.162 e. The van der Waals surface area contributed by atoms with Crippen molar-refractivity contribution in [1.82, 2.24) is 19.1 Å². The fourth-order valence-electron chi connectivity index (χ4n) is 7.47. The van der Waals surface area contributed by atoms with Crippen LogP contribution < -0.4 is 0 Å². The molecule has 0 unspecified atom stereocenters. The number of aromatic nitrogens is 4. The first-order valence-corrected chi connectivity index (χ1v) is 16.9. The number of para-hydroxylation sites is 4. The molecule has 4 heteroatoms.